The third-order valence-corrected chi connectivity index (χ3v) is 2.90. The lowest BCUT2D eigenvalue weighted by Crippen LogP contribution is -2.23. The van der Waals surface area contributed by atoms with Crippen LogP contribution in [0.2, 0.25) is 0 Å². The monoisotopic (exact) mass is 386 g/mol. The number of benzene rings is 1. The SMILES string of the molecule is CCOc1ncc(NC(=O)Nc2ccccc2OC(F)(F)F)c(OCC)n1. The summed E-state index contributed by atoms with van der Waals surface area (Å²) in [6, 6.07) is 4.37. The van der Waals surface area contributed by atoms with Crippen molar-refractivity contribution in [3.63, 3.8) is 0 Å². The number of urea groups is 1. The molecule has 0 atom stereocenters. The molecule has 8 nitrogen and oxygen atoms in total. The van der Waals surface area contributed by atoms with Crippen LogP contribution < -0.4 is 24.8 Å². The number of ether oxygens (including phenoxy) is 3. The van der Waals surface area contributed by atoms with Gasteiger partial charge in [0.05, 0.1) is 25.1 Å². The van der Waals surface area contributed by atoms with Crippen LogP contribution in [0.25, 0.3) is 0 Å². The molecule has 2 aromatic rings. The molecule has 0 aliphatic heterocycles. The molecule has 0 fully saturated rings. The Bertz CT molecular complexity index is 787. The number of para-hydroxylation sites is 2. The number of alkyl halides is 3. The third-order valence-electron chi connectivity index (χ3n) is 2.90. The number of nitrogens with one attached hydrogen (secondary N) is 2. The number of rotatable bonds is 7. The highest BCUT2D eigenvalue weighted by Gasteiger charge is 2.32. The molecule has 0 bridgehead atoms. The Balaban J connectivity index is 2.14. The fraction of sp³-hybridized carbons (Fsp3) is 0.312. The minimum atomic E-state index is -4.89. The van der Waals surface area contributed by atoms with Crippen molar-refractivity contribution < 1.29 is 32.2 Å². The van der Waals surface area contributed by atoms with Crippen LogP contribution in [0.4, 0.5) is 29.3 Å². The number of hydrogen-bond donors (Lipinski definition) is 2. The highest BCUT2D eigenvalue weighted by Crippen LogP contribution is 2.30. The number of hydrogen-bond acceptors (Lipinski definition) is 6. The van der Waals surface area contributed by atoms with E-state index in [-0.39, 0.29) is 29.9 Å². The number of anilines is 2. The Morgan fingerprint density at radius 1 is 1.07 bits per heavy atom. The fourth-order valence-corrected chi connectivity index (χ4v) is 1.94. The van der Waals surface area contributed by atoms with E-state index in [1.54, 1.807) is 13.8 Å². The van der Waals surface area contributed by atoms with Gasteiger partial charge < -0.3 is 24.8 Å². The fourth-order valence-electron chi connectivity index (χ4n) is 1.94. The van der Waals surface area contributed by atoms with Gasteiger partial charge in [0, 0.05) is 0 Å². The van der Waals surface area contributed by atoms with Crippen molar-refractivity contribution in [2.24, 2.45) is 0 Å². The number of amides is 2. The van der Waals surface area contributed by atoms with Crippen LogP contribution >= 0.6 is 0 Å². The van der Waals surface area contributed by atoms with Gasteiger partial charge in [-0.1, -0.05) is 12.1 Å². The number of aromatic nitrogens is 2. The predicted octanol–water partition coefficient (Wildman–Crippen LogP) is 3.82. The smallest absolute Gasteiger partial charge is 0.476 e. The van der Waals surface area contributed by atoms with Crippen LogP contribution in [0.1, 0.15) is 13.8 Å². The molecule has 1 heterocycles. The summed E-state index contributed by atoms with van der Waals surface area (Å²) in [7, 11) is 0. The average molecular weight is 386 g/mol. The second kappa shape index (κ2) is 8.92. The summed E-state index contributed by atoms with van der Waals surface area (Å²) in [5.74, 6) is -0.487. The van der Waals surface area contributed by atoms with E-state index in [9.17, 15) is 18.0 Å². The van der Waals surface area contributed by atoms with Gasteiger partial charge in [-0.15, -0.1) is 13.2 Å². The van der Waals surface area contributed by atoms with Crippen LogP contribution in [0.15, 0.2) is 30.5 Å². The zero-order valence-electron chi connectivity index (χ0n) is 14.5. The molecule has 0 unspecified atom stereocenters. The summed E-state index contributed by atoms with van der Waals surface area (Å²) in [4.78, 5) is 20.1. The van der Waals surface area contributed by atoms with Gasteiger partial charge in [0.1, 0.15) is 5.69 Å². The molecule has 2 amide bonds. The molecule has 0 saturated carbocycles. The third kappa shape index (κ3) is 6.20. The number of halogens is 3. The van der Waals surface area contributed by atoms with Crippen molar-refractivity contribution in [1.82, 2.24) is 9.97 Å². The topological polar surface area (TPSA) is 94.6 Å². The molecule has 0 saturated heterocycles. The van der Waals surface area contributed by atoms with Gasteiger partial charge in [-0.05, 0) is 26.0 Å². The molecule has 0 radical (unpaired) electrons. The summed E-state index contributed by atoms with van der Waals surface area (Å²) < 4.78 is 51.7. The highest BCUT2D eigenvalue weighted by molar-refractivity contribution is 6.01. The Labute approximate surface area is 152 Å². The van der Waals surface area contributed by atoms with Crippen molar-refractivity contribution in [3.8, 4) is 17.6 Å². The standard InChI is InChI=1S/C16H17F3N4O4/c1-3-25-13-11(9-20-15(23-13)26-4-2)22-14(24)21-10-7-5-6-8-12(10)27-16(17,18)19/h5-9H,3-4H2,1-2H3,(H2,21,22,24). The molecule has 0 spiro atoms. The lowest BCUT2D eigenvalue weighted by atomic mass is 10.3. The van der Waals surface area contributed by atoms with Gasteiger partial charge in [-0.25, -0.2) is 9.78 Å². The quantitative estimate of drug-likeness (QED) is 0.751. The van der Waals surface area contributed by atoms with Gasteiger partial charge >= 0.3 is 18.4 Å². The Hall–Kier alpha value is -3.24. The highest BCUT2D eigenvalue weighted by atomic mass is 19.4. The van der Waals surface area contributed by atoms with Crippen LogP contribution in [0.3, 0.4) is 0 Å². The van der Waals surface area contributed by atoms with Gasteiger partial charge in [0.15, 0.2) is 5.75 Å². The van der Waals surface area contributed by atoms with Crippen molar-refractivity contribution in [2.75, 3.05) is 23.8 Å². The maximum Gasteiger partial charge on any atom is 0.573 e. The molecular formula is C16H17F3N4O4. The molecule has 0 aliphatic rings. The zero-order chi connectivity index (χ0) is 19.9. The first-order valence-corrected chi connectivity index (χ1v) is 7.87. The molecule has 0 aliphatic carbocycles. The molecule has 2 rings (SSSR count). The number of carbonyl (C=O) groups is 1. The predicted molar refractivity (Wildman–Crippen MR) is 90.1 cm³/mol. The molecule has 2 N–H and O–H groups in total. The molecular weight excluding hydrogens is 369 g/mol. The molecule has 1 aromatic heterocycles. The summed E-state index contributed by atoms with van der Waals surface area (Å²) in [5.41, 5.74) is -0.0517. The first-order valence-electron chi connectivity index (χ1n) is 7.87. The minimum absolute atomic E-state index is 0.0610. The summed E-state index contributed by atoms with van der Waals surface area (Å²) in [6.07, 6.45) is -3.62. The van der Waals surface area contributed by atoms with E-state index in [2.05, 4.69) is 25.3 Å². The lowest BCUT2D eigenvalue weighted by molar-refractivity contribution is -0.274. The largest absolute Gasteiger partial charge is 0.573 e. The first kappa shape index (κ1) is 20.1. The lowest BCUT2D eigenvalue weighted by Gasteiger charge is -2.15. The summed E-state index contributed by atoms with van der Waals surface area (Å²) >= 11 is 0. The van der Waals surface area contributed by atoms with Crippen LogP contribution in [0.5, 0.6) is 17.6 Å². The molecule has 1 aromatic carbocycles. The molecule has 146 valence electrons. The van der Waals surface area contributed by atoms with E-state index in [1.165, 1.54) is 24.4 Å². The van der Waals surface area contributed by atoms with E-state index in [0.717, 1.165) is 6.07 Å². The van der Waals surface area contributed by atoms with Crippen LogP contribution in [-0.4, -0.2) is 35.6 Å². The normalized spacial score (nSPS) is 10.9. The maximum atomic E-state index is 12.4. The Kier molecular flexibility index (Phi) is 6.63. The van der Waals surface area contributed by atoms with E-state index in [1.807, 2.05) is 0 Å². The van der Waals surface area contributed by atoms with Crippen molar-refractivity contribution >= 4 is 17.4 Å². The van der Waals surface area contributed by atoms with Crippen molar-refractivity contribution in [3.05, 3.63) is 30.5 Å². The van der Waals surface area contributed by atoms with Gasteiger partial charge in [-0.2, -0.15) is 4.98 Å². The van der Waals surface area contributed by atoms with Crippen molar-refractivity contribution in [2.45, 2.75) is 20.2 Å². The summed E-state index contributed by atoms with van der Waals surface area (Å²) in [5, 5.41) is 4.68. The minimum Gasteiger partial charge on any atom is -0.476 e. The maximum absolute atomic E-state index is 12.4. The molecule has 27 heavy (non-hydrogen) atoms. The first-order chi connectivity index (χ1) is 12.8. The van der Waals surface area contributed by atoms with E-state index >= 15 is 0 Å². The second-order valence-corrected chi connectivity index (χ2v) is 4.86. The van der Waals surface area contributed by atoms with Gasteiger partial charge in [0.25, 0.3) is 0 Å². The van der Waals surface area contributed by atoms with Crippen LogP contribution in [0, 0.1) is 0 Å². The van der Waals surface area contributed by atoms with Crippen molar-refractivity contribution in [1.29, 1.82) is 0 Å². The Morgan fingerprint density at radius 2 is 1.74 bits per heavy atom. The average Bonchev–Trinajstić information content (AvgIpc) is 2.58. The van der Waals surface area contributed by atoms with Gasteiger partial charge in [0.2, 0.25) is 5.88 Å². The van der Waals surface area contributed by atoms with E-state index in [0.29, 0.717) is 6.61 Å². The number of nitrogens with zero attached hydrogens (tertiary/aromatic N) is 2. The number of carbonyl (C=O) groups excluding carboxylic acids is 1. The van der Waals surface area contributed by atoms with E-state index in [4.69, 9.17) is 9.47 Å². The molecule has 11 heteroatoms. The van der Waals surface area contributed by atoms with E-state index < -0.39 is 18.1 Å². The second-order valence-electron chi connectivity index (χ2n) is 4.86. The summed E-state index contributed by atoms with van der Waals surface area (Å²) in [6.45, 7) is 4.08. The van der Waals surface area contributed by atoms with Gasteiger partial charge in [-0.3, -0.25) is 0 Å². The zero-order valence-corrected chi connectivity index (χ0v) is 14.5. The van der Waals surface area contributed by atoms with Crippen LogP contribution in [-0.2, 0) is 0 Å². The Morgan fingerprint density at radius 3 is 2.41 bits per heavy atom.